The second-order valence-electron chi connectivity index (χ2n) is 5.59. The molecular formula is C19H21ClN2O2. The standard InChI is InChI=1S/C19H21ClN2O2/c1-23-18-10-15(20)9-14(19(18)24-2)11-21-8-7-13-12-22-17-6-4-3-5-16(13)17/h3-6,9-10,12,21-22H,7-8,11H2,1-2H3. The van der Waals surface area contributed by atoms with Crippen molar-refractivity contribution in [2.75, 3.05) is 20.8 Å². The Hall–Kier alpha value is -2.17. The summed E-state index contributed by atoms with van der Waals surface area (Å²) in [5, 5.41) is 5.37. The molecule has 2 N–H and O–H groups in total. The molecule has 126 valence electrons. The van der Waals surface area contributed by atoms with Crippen molar-refractivity contribution in [2.24, 2.45) is 0 Å². The van der Waals surface area contributed by atoms with Gasteiger partial charge in [0.2, 0.25) is 0 Å². The van der Waals surface area contributed by atoms with E-state index in [9.17, 15) is 0 Å². The van der Waals surface area contributed by atoms with Crippen LogP contribution in [0.3, 0.4) is 0 Å². The van der Waals surface area contributed by atoms with E-state index in [0.717, 1.165) is 24.3 Å². The number of rotatable bonds is 7. The predicted octanol–water partition coefficient (Wildman–Crippen LogP) is 4.17. The fourth-order valence-electron chi connectivity index (χ4n) is 2.92. The lowest BCUT2D eigenvalue weighted by Gasteiger charge is -2.14. The van der Waals surface area contributed by atoms with Crippen molar-refractivity contribution < 1.29 is 9.47 Å². The van der Waals surface area contributed by atoms with E-state index < -0.39 is 0 Å². The summed E-state index contributed by atoms with van der Waals surface area (Å²) in [5.74, 6) is 1.37. The fourth-order valence-corrected chi connectivity index (χ4v) is 3.15. The molecule has 0 saturated carbocycles. The molecular weight excluding hydrogens is 324 g/mol. The summed E-state index contributed by atoms with van der Waals surface area (Å²) in [4.78, 5) is 3.31. The number of fused-ring (bicyclic) bond motifs is 1. The van der Waals surface area contributed by atoms with Gasteiger partial charge < -0.3 is 19.8 Å². The quantitative estimate of drug-likeness (QED) is 0.632. The Kier molecular flexibility index (Phi) is 5.28. The van der Waals surface area contributed by atoms with Crippen molar-refractivity contribution in [2.45, 2.75) is 13.0 Å². The summed E-state index contributed by atoms with van der Waals surface area (Å²) < 4.78 is 10.8. The van der Waals surface area contributed by atoms with E-state index in [1.54, 1.807) is 20.3 Å². The van der Waals surface area contributed by atoms with Crippen molar-refractivity contribution in [1.82, 2.24) is 10.3 Å². The first kappa shape index (κ1) is 16.7. The van der Waals surface area contributed by atoms with Crippen molar-refractivity contribution in [1.29, 1.82) is 0 Å². The number of hydrogen-bond acceptors (Lipinski definition) is 3. The lowest BCUT2D eigenvalue weighted by atomic mass is 10.1. The van der Waals surface area contributed by atoms with Crippen molar-refractivity contribution >= 4 is 22.5 Å². The maximum absolute atomic E-state index is 6.15. The topological polar surface area (TPSA) is 46.3 Å². The Morgan fingerprint density at radius 3 is 2.71 bits per heavy atom. The molecule has 0 aliphatic rings. The molecule has 0 spiro atoms. The molecule has 0 unspecified atom stereocenters. The summed E-state index contributed by atoms with van der Waals surface area (Å²) in [6.45, 7) is 1.53. The number of nitrogens with one attached hydrogen (secondary N) is 2. The minimum Gasteiger partial charge on any atom is -0.493 e. The van der Waals surface area contributed by atoms with Gasteiger partial charge in [-0.25, -0.2) is 0 Å². The molecule has 1 heterocycles. The molecule has 0 radical (unpaired) electrons. The second-order valence-corrected chi connectivity index (χ2v) is 6.02. The first-order chi connectivity index (χ1) is 11.7. The first-order valence-corrected chi connectivity index (χ1v) is 8.27. The highest BCUT2D eigenvalue weighted by atomic mass is 35.5. The van der Waals surface area contributed by atoms with E-state index in [-0.39, 0.29) is 0 Å². The molecule has 4 nitrogen and oxygen atoms in total. The third-order valence-corrected chi connectivity index (χ3v) is 4.30. The molecule has 2 aromatic carbocycles. The maximum Gasteiger partial charge on any atom is 0.165 e. The maximum atomic E-state index is 6.15. The number of ether oxygens (including phenoxy) is 2. The number of H-pyrrole nitrogens is 1. The SMILES string of the molecule is COc1cc(Cl)cc(CNCCc2c[nH]c3ccccc23)c1OC. The first-order valence-electron chi connectivity index (χ1n) is 7.89. The third-order valence-electron chi connectivity index (χ3n) is 4.08. The van der Waals surface area contributed by atoms with E-state index in [0.29, 0.717) is 17.3 Å². The second kappa shape index (κ2) is 7.60. The molecule has 3 aromatic rings. The number of halogens is 1. The summed E-state index contributed by atoms with van der Waals surface area (Å²) in [6.07, 6.45) is 3.03. The smallest absolute Gasteiger partial charge is 0.165 e. The average molecular weight is 345 g/mol. The average Bonchev–Trinajstić information content (AvgIpc) is 3.01. The summed E-state index contributed by atoms with van der Waals surface area (Å²) in [7, 11) is 3.25. The number of para-hydroxylation sites is 1. The Labute approximate surface area is 146 Å². The number of benzene rings is 2. The molecule has 3 rings (SSSR count). The van der Waals surface area contributed by atoms with Crippen LogP contribution in [0.15, 0.2) is 42.6 Å². The van der Waals surface area contributed by atoms with Gasteiger partial charge in [-0.05, 0) is 30.7 Å². The molecule has 5 heteroatoms. The van der Waals surface area contributed by atoms with Gasteiger partial charge in [-0.1, -0.05) is 29.8 Å². The molecule has 1 aromatic heterocycles. The third kappa shape index (κ3) is 3.50. The van der Waals surface area contributed by atoms with Crippen LogP contribution in [0.5, 0.6) is 11.5 Å². The van der Waals surface area contributed by atoms with Gasteiger partial charge in [0.1, 0.15) is 0 Å². The van der Waals surface area contributed by atoms with Crippen molar-refractivity contribution in [3.05, 3.63) is 58.7 Å². The molecule has 0 aliphatic carbocycles. The monoisotopic (exact) mass is 344 g/mol. The van der Waals surface area contributed by atoms with Gasteiger partial charge in [-0.3, -0.25) is 0 Å². The molecule has 0 amide bonds. The normalized spacial score (nSPS) is 11.0. The zero-order chi connectivity index (χ0) is 16.9. The highest BCUT2D eigenvalue weighted by Gasteiger charge is 2.11. The predicted molar refractivity (Wildman–Crippen MR) is 98.3 cm³/mol. The summed E-state index contributed by atoms with van der Waals surface area (Å²) in [6, 6.07) is 12.0. The van der Waals surface area contributed by atoms with E-state index in [1.165, 1.54) is 16.5 Å². The van der Waals surface area contributed by atoms with Crippen LogP contribution >= 0.6 is 11.6 Å². The van der Waals surface area contributed by atoms with Crippen LogP contribution in [-0.2, 0) is 13.0 Å². The minimum atomic E-state index is 0.640. The van der Waals surface area contributed by atoms with Crippen LogP contribution in [0.25, 0.3) is 10.9 Å². The van der Waals surface area contributed by atoms with Crippen LogP contribution in [0.2, 0.25) is 5.02 Å². The van der Waals surface area contributed by atoms with Gasteiger partial charge in [0, 0.05) is 40.3 Å². The number of hydrogen-bond donors (Lipinski definition) is 2. The molecule has 0 bridgehead atoms. The zero-order valence-electron chi connectivity index (χ0n) is 13.9. The van der Waals surface area contributed by atoms with E-state index in [1.807, 2.05) is 12.1 Å². The fraction of sp³-hybridized carbons (Fsp3) is 0.263. The Balaban J connectivity index is 1.63. The van der Waals surface area contributed by atoms with Gasteiger partial charge in [0.05, 0.1) is 14.2 Å². The lowest BCUT2D eigenvalue weighted by molar-refractivity contribution is 0.351. The highest BCUT2D eigenvalue weighted by molar-refractivity contribution is 6.30. The summed E-state index contributed by atoms with van der Waals surface area (Å²) in [5.41, 5.74) is 3.48. The number of aromatic nitrogens is 1. The minimum absolute atomic E-state index is 0.640. The van der Waals surface area contributed by atoms with Gasteiger partial charge in [0.25, 0.3) is 0 Å². The van der Waals surface area contributed by atoms with E-state index >= 15 is 0 Å². The highest BCUT2D eigenvalue weighted by Crippen LogP contribution is 2.34. The number of aromatic amines is 1. The summed E-state index contributed by atoms with van der Waals surface area (Å²) >= 11 is 6.15. The molecule has 0 saturated heterocycles. The molecule has 0 fully saturated rings. The Morgan fingerprint density at radius 2 is 1.92 bits per heavy atom. The van der Waals surface area contributed by atoms with Crippen LogP contribution in [0, 0.1) is 0 Å². The molecule has 0 aliphatic heterocycles. The zero-order valence-corrected chi connectivity index (χ0v) is 14.6. The van der Waals surface area contributed by atoms with Crippen LogP contribution in [0.1, 0.15) is 11.1 Å². The Bertz CT molecular complexity index is 829. The largest absolute Gasteiger partial charge is 0.493 e. The molecule has 0 atom stereocenters. The van der Waals surface area contributed by atoms with E-state index in [2.05, 4.69) is 34.7 Å². The van der Waals surface area contributed by atoms with Crippen LogP contribution in [0.4, 0.5) is 0 Å². The lowest BCUT2D eigenvalue weighted by Crippen LogP contribution is -2.17. The van der Waals surface area contributed by atoms with Gasteiger partial charge in [-0.2, -0.15) is 0 Å². The number of methoxy groups -OCH3 is 2. The Morgan fingerprint density at radius 1 is 1.08 bits per heavy atom. The van der Waals surface area contributed by atoms with Crippen molar-refractivity contribution in [3.8, 4) is 11.5 Å². The van der Waals surface area contributed by atoms with Crippen LogP contribution in [-0.4, -0.2) is 25.7 Å². The van der Waals surface area contributed by atoms with Gasteiger partial charge >= 0.3 is 0 Å². The van der Waals surface area contributed by atoms with Crippen LogP contribution < -0.4 is 14.8 Å². The van der Waals surface area contributed by atoms with E-state index in [4.69, 9.17) is 21.1 Å². The van der Waals surface area contributed by atoms with Gasteiger partial charge in [-0.15, -0.1) is 0 Å². The van der Waals surface area contributed by atoms with Crippen molar-refractivity contribution in [3.63, 3.8) is 0 Å². The van der Waals surface area contributed by atoms with Gasteiger partial charge in [0.15, 0.2) is 11.5 Å². The molecule has 24 heavy (non-hydrogen) atoms.